The predicted octanol–water partition coefficient (Wildman–Crippen LogP) is 4.40. The first-order valence-electron chi connectivity index (χ1n) is 9.24. The topological polar surface area (TPSA) is 73.1 Å². The van der Waals surface area contributed by atoms with Gasteiger partial charge < -0.3 is 15.8 Å². The molecule has 1 atom stereocenters. The summed E-state index contributed by atoms with van der Waals surface area (Å²) in [4.78, 5) is 8.44. The fourth-order valence-corrected chi connectivity index (χ4v) is 3.89. The van der Waals surface area contributed by atoms with Crippen molar-refractivity contribution >= 4 is 11.6 Å². The van der Waals surface area contributed by atoms with E-state index in [-0.39, 0.29) is 5.75 Å². The molecule has 0 saturated heterocycles. The first kappa shape index (κ1) is 20.1. The maximum Gasteiger partial charge on any atom is 0.387 e. The van der Waals surface area contributed by atoms with E-state index < -0.39 is 12.0 Å². The van der Waals surface area contributed by atoms with Crippen molar-refractivity contribution < 1.29 is 13.5 Å². The van der Waals surface area contributed by atoms with Crippen LogP contribution in [0.25, 0.3) is 11.3 Å². The van der Waals surface area contributed by atoms with Crippen molar-refractivity contribution in [3.63, 3.8) is 0 Å². The number of nitrogens with zero attached hydrogens (tertiary/aromatic N) is 2. The minimum absolute atomic E-state index is 0.148. The number of halogens is 3. The van der Waals surface area contributed by atoms with Crippen LogP contribution in [0.15, 0.2) is 66.8 Å². The van der Waals surface area contributed by atoms with Crippen LogP contribution in [0.4, 0.5) is 8.78 Å². The van der Waals surface area contributed by atoms with Gasteiger partial charge in [-0.2, -0.15) is 8.78 Å². The Morgan fingerprint density at radius 2 is 1.97 bits per heavy atom. The number of aromatic nitrogens is 2. The fourth-order valence-electron chi connectivity index (χ4n) is 3.74. The van der Waals surface area contributed by atoms with Gasteiger partial charge in [-0.05, 0) is 41.8 Å². The van der Waals surface area contributed by atoms with E-state index in [4.69, 9.17) is 17.3 Å². The maximum absolute atomic E-state index is 12.6. The summed E-state index contributed by atoms with van der Waals surface area (Å²) in [5.74, 6) is 0.697. The molecule has 1 aliphatic heterocycles. The normalized spacial score (nSPS) is 18.2. The molecular weight excluding hydrogens is 410 g/mol. The lowest BCUT2D eigenvalue weighted by molar-refractivity contribution is -0.0503. The average Bonchev–Trinajstić information content (AvgIpc) is 3.12. The van der Waals surface area contributed by atoms with Gasteiger partial charge in [0.25, 0.3) is 0 Å². The second-order valence-corrected chi connectivity index (χ2v) is 7.48. The standard InChI is InChI=1S/C22H19ClF2N4O/c1-13-7-16(5-6-18(13)30-21(24)25)22(9-20(26)28-12-22)15-4-2-3-14(8-15)17-10-27-11-19(23)29-17/h2-11,21,28H,12,26H2,1H3. The summed E-state index contributed by atoms with van der Waals surface area (Å²) < 4.78 is 29.9. The lowest BCUT2D eigenvalue weighted by atomic mass is 9.74. The zero-order chi connectivity index (χ0) is 21.3. The Labute approximate surface area is 177 Å². The van der Waals surface area contributed by atoms with Crippen molar-refractivity contribution in [2.75, 3.05) is 6.54 Å². The molecule has 30 heavy (non-hydrogen) atoms. The number of aryl methyl sites for hydroxylation is 1. The Hall–Kier alpha value is -3.19. The molecule has 0 aliphatic carbocycles. The van der Waals surface area contributed by atoms with Crippen LogP contribution in [-0.2, 0) is 5.41 Å². The average molecular weight is 429 g/mol. The number of ether oxygens (including phenoxy) is 1. The van der Waals surface area contributed by atoms with E-state index in [1.807, 2.05) is 36.4 Å². The zero-order valence-electron chi connectivity index (χ0n) is 16.1. The lowest BCUT2D eigenvalue weighted by Crippen LogP contribution is -2.31. The molecule has 0 bridgehead atoms. The number of nitrogens with one attached hydrogen (secondary N) is 1. The van der Waals surface area contributed by atoms with Crippen LogP contribution in [0.1, 0.15) is 16.7 Å². The van der Waals surface area contributed by atoms with E-state index in [9.17, 15) is 8.78 Å². The van der Waals surface area contributed by atoms with Gasteiger partial charge in [-0.15, -0.1) is 0 Å². The molecule has 4 rings (SSSR count). The first-order valence-corrected chi connectivity index (χ1v) is 9.62. The van der Waals surface area contributed by atoms with E-state index in [1.54, 1.807) is 25.3 Å². The quantitative estimate of drug-likeness (QED) is 0.630. The Kier molecular flexibility index (Phi) is 5.30. The van der Waals surface area contributed by atoms with Gasteiger partial charge in [-0.1, -0.05) is 41.9 Å². The Morgan fingerprint density at radius 1 is 1.17 bits per heavy atom. The van der Waals surface area contributed by atoms with Gasteiger partial charge in [0.05, 0.1) is 29.3 Å². The van der Waals surface area contributed by atoms with Gasteiger partial charge in [-0.3, -0.25) is 4.98 Å². The SMILES string of the molecule is Cc1cc(C2(c3cccc(-c4cncc(Cl)n4)c3)C=C(N)NC2)ccc1OC(F)F. The first-order chi connectivity index (χ1) is 14.4. The zero-order valence-corrected chi connectivity index (χ0v) is 16.8. The van der Waals surface area contributed by atoms with Crippen molar-refractivity contribution in [1.29, 1.82) is 0 Å². The highest BCUT2D eigenvalue weighted by Crippen LogP contribution is 2.39. The van der Waals surface area contributed by atoms with Crippen molar-refractivity contribution in [3.05, 3.63) is 88.6 Å². The molecular formula is C22H19ClF2N4O. The third-order valence-corrected chi connectivity index (χ3v) is 5.34. The van der Waals surface area contributed by atoms with Crippen molar-refractivity contribution in [2.45, 2.75) is 19.0 Å². The molecule has 0 fully saturated rings. The summed E-state index contributed by atoms with van der Waals surface area (Å²) in [6.07, 6.45) is 5.07. The Balaban J connectivity index is 1.81. The monoisotopic (exact) mass is 428 g/mol. The minimum Gasteiger partial charge on any atom is -0.435 e. The van der Waals surface area contributed by atoms with Crippen LogP contribution in [0, 0.1) is 6.92 Å². The van der Waals surface area contributed by atoms with Crippen molar-refractivity contribution in [3.8, 4) is 17.0 Å². The molecule has 1 aromatic heterocycles. The van der Waals surface area contributed by atoms with Crippen LogP contribution in [0.5, 0.6) is 5.75 Å². The molecule has 0 saturated carbocycles. The smallest absolute Gasteiger partial charge is 0.387 e. The van der Waals surface area contributed by atoms with Gasteiger partial charge in [0.15, 0.2) is 0 Å². The highest BCUT2D eigenvalue weighted by Gasteiger charge is 2.37. The second kappa shape index (κ2) is 7.91. The summed E-state index contributed by atoms with van der Waals surface area (Å²) in [6, 6.07) is 13.1. The highest BCUT2D eigenvalue weighted by molar-refractivity contribution is 6.29. The summed E-state index contributed by atoms with van der Waals surface area (Å²) in [5.41, 5.74) is 9.49. The number of hydrogen-bond donors (Lipinski definition) is 2. The molecule has 8 heteroatoms. The van der Waals surface area contributed by atoms with Crippen LogP contribution >= 0.6 is 11.6 Å². The van der Waals surface area contributed by atoms with E-state index in [1.165, 1.54) is 6.20 Å². The Morgan fingerprint density at radius 3 is 2.63 bits per heavy atom. The molecule has 0 spiro atoms. The fraction of sp³-hybridized carbons (Fsp3) is 0.182. The van der Waals surface area contributed by atoms with E-state index in [2.05, 4.69) is 20.0 Å². The van der Waals surface area contributed by atoms with Gasteiger partial charge in [0.1, 0.15) is 10.9 Å². The minimum atomic E-state index is -2.87. The Bertz CT molecular complexity index is 1120. The molecule has 2 heterocycles. The molecule has 0 amide bonds. The lowest BCUT2D eigenvalue weighted by Gasteiger charge is -2.29. The number of benzene rings is 2. The number of hydrogen-bond acceptors (Lipinski definition) is 5. The third kappa shape index (κ3) is 3.80. The predicted molar refractivity (Wildman–Crippen MR) is 111 cm³/mol. The number of nitrogens with two attached hydrogens (primary N) is 1. The second-order valence-electron chi connectivity index (χ2n) is 7.09. The summed E-state index contributed by atoms with van der Waals surface area (Å²) in [7, 11) is 0. The summed E-state index contributed by atoms with van der Waals surface area (Å²) in [5, 5.41) is 3.49. The molecule has 0 radical (unpaired) electrons. The molecule has 3 N–H and O–H groups in total. The van der Waals surface area contributed by atoms with Gasteiger partial charge in [-0.25, -0.2) is 4.98 Å². The number of rotatable bonds is 5. The molecule has 5 nitrogen and oxygen atoms in total. The van der Waals surface area contributed by atoms with Crippen LogP contribution < -0.4 is 15.8 Å². The molecule has 1 unspecified atom stereocenters. The summed E-state index contributed by atoms with van der Waals surface area (Å²) >= 11 is 6.00. The van der Waals surface area contributed by atoms with Crippen LogP contribution in [0.2, 0.25) is 5.15 Å². The third-order valence-electron chi connectivity index (χ3n) is 5.16. The molecule has 3 aromatic rings. The molecule has 1 aliphatic rings. The van der Waals surface area contributed by atoms with Crippen molar-refractivity contribution in [2.24, 2.45) is 5.73 Å². The highest BCUT2D eigenvalue weighted by atomic mass is 35.5. The van der Waals surface area contributed by atoms with E-state index >= 15 is 0 Å². The number of alkyl halides is 2. The van der Waals surface area contributed by atoms with Gasteiger partial charge in [0.2, 0.25) is 0 Å². The van der Waals surface area contributed by atoms with Crippen molar-refractivity contribution in [1.82, 2.24) is 15.3 Å². The summed E-state index contributed by atoms with van der Waals surface area (Å²) in [6.45, 7) is -0.608. The van der Waals surface area contributed by atoms with E-state index in [0.717, 1.165) is 16.7 Å². The van der Waals surface area contributed by atoms with Gasteiger partial charge in [0, 0.05) is 12.1 Å². The van der Waals surface area contributed by atoms with Gasteiger partial charge >= 0.3 is 6.61 Å². The maximum atomic E-state index is 12.6. The largest absolute Gasteiger partial charge is 0.435 e. The van der Waals surface area contributed by atoms with E-state index in [0.29, 0.717) is 28.8 Å². The molecule has 154 valence electrons. The van der Waals surface area contributed by atoms with Crippen LogP contribution in [0.3, 0.4) is 0 Å². The molecule has 2 aromatic carbocycles. The van der Waals surface area contributed by atoms with Crippen LogP contribution in [-0.4, -0.2) is 23.1 Å².